The number of sulfone groups is 1. The van der Waals surface area contributed by atoms with Crippen LogP contribution in [-0.4, -0.2) is 20.3 Å². The number of hydrogen-bond acceptors (Lipinski definition) is 3. The molecule has 2 aromatic carbocycles. The van der Waals surface area contributed by atoms with Crippen LogP contribution in [0.2, 0.25) is 0 Å². The lowest BCUT2D eigenvalue weighted by molar-refractivity contribution is 0.541. The van der Waals surface area contributed by atoms with Gasteiger partial charge in [0, 0.05) is 5.92 Å². The standard InChI is InChI=1S/C16H15F2NO2S/c17-12-7-5-11(6-8-12)13-9-10-19-16(13)22(20,21)15-4-2-1-3-14(15)18/h1-8,13,16,19H,9-10H2. The van der Waals surface area contributed by atoms with E-state index in [1.807, 2.05) is 0 Å². The van der Waals surface area contributed by atoms with Crippen molar-refractivity contribution in [2.45, 2.75) is 22.6 Å². The molecule has 1 N–H and O–H groups in total. The zero-order valence-corrected chi connectivity index (χ0v) is 12.5. The Morgan fingerprint density at radius 3 is 2.36 bits per heavy atom. The first-order chi connectivity index (χ1) is 10.5. The van der Waals surface area contributed by atoms with Gasteiger partial charge in [0.15, 0.2) is 9.84 Å². The Morgan fingerprint density at radius 1 is 1.00 bits per heavy atom. The van der Waals surface area contributed by atoms with Crippen molar-refractivity contribution in [3.05, 3.63) is 65.7 Å². The van der Waals surface area contributed by atoms with E-state index in [9.17, 15) is 17.2 Å². The molecule has 0 aromatic heterocycles. The summed E-state index contributed by atoms with van der Waals surface area (Å²) in [6.45, 7) is 0.514. The van der Waals surface area contributed by atoms with Crippen LogP contribution in [0.15, 0.2) is 53.4 Å². The van der Waals surface area contributed by atoms with Crippen molar-refractivity contribution in [1.29, 1.82) is 0 Å². The molecule has 22 heavy (non-hydrogen) atoms. The van der Waals surface area contributed by atoms with Gasteiger partial charge >= 0.3 is 0 Å². The van der Waals surface area contributed by atoms with Crippen LogP contribution in [0.1, 0.15) is 17.9 Å². The highest BCUT2D eigenvalue weighted by atomic mass is 32.2. The van der Waals surface area contributed by atoms with E-state index in [4.69, 9.17) is 0 Å². The maximum absolute atomic E-state index is 13.9. The summed E-state index contributed by atoms with van der Waals surface area (Å²) in [4.78, 5) is -0.304. The van der Waals surface area contributed by atoms with E-state index in [0.29, 0.717) is 13.0 Å². The molecule has 1 aliphatic heterocycles. The van der Waals surface area contributed by atoms with Crippen LogP contribution in [0.3, 0.4) is 0 Å². The molecule has 1 saturated heterocycles. The third kappa shape index (κ3) is 2.64. The molecule has 0 spiro atoms. The fraction of sp³-hybridized carbons (Fsp3) is 0.250. The molecule has 1 aliphatic rings. The zero-order valence-electron chi connectivity index (χ0n) is 11.7. The molecule has 1 heterocycles. The van der Waals surface area contributed by atoms with E-state index < -0.39 is 21.0 Å². The summed E-state index contributed by atoms with van der Waals surface area (Å²) in [5, 5.41) is 2.03. The third-order valence-corrected chi connectivity index (χ3v) is 6.05. The molecule has 2 unspecified atom stereocenters. The maximum atomic E-state index is 13.9. The van der Waals surface area contributed by atoms with Crippen molar-refractivity contribution in [3.63, 3.8) is 0 Å². The largest absolute Gasteiger partial charge is 0.300 e. The highest BCUT2D eigenvalue weighted by Crippen LogP contribution is 2.34. The molecular formula is C16H15F2NO2S. The van der Waals surface area contributed by atoms with Crippen molar-refractivity contribution in [3.8, 4) is 0 Å². The Bertz CT molecular complexity index is 775. The Morgan fingerprint density at radius 2 is 1.68 bits per heavy atom. The van der Waals surface area contributed by atoms with Gasteiger partial charge in [0.05, 0.1) is 0 Å². The van der Waals surface area contributed by atoms with Crippen molar-refractivity contribution in [1.82, 2.24) is 5.32 Å². The van der Waals surface area contributed by atoms with Crippen LogP contribution in [0.25, 0.3) is 0 Å². The predicted octanol–water partition coefficient (Wildman–Crippen LogP) is 2.84. The van der Waals surface area contributed by atoms with Gasteiger partial charge in [-0.15, -0.1) is 0 Å². The number of nitrogens with one attached hydrogen (secondary N) is 1. The van der Waals surface area contributed by atoms with Crippen LogP contribution in [-0.2, 0) is 9.84 Å². The monoisotopic (exact) mass is 323 g/mol. The highest BCUT2D eigenvalue weighted by molar-refractivity contribution is 7.92. The van der Waals surface area contributed by atoms with E-state index in [2.05, 4.69) is 5.32 Å². The van der Waals surface area contributed by atoms with Crippen molar-refractivity contribution >= 4 is 9.84 Å². The van der Waals surface area contributed by atoms with Crippen molar-refractivity contribution in [2.24, 2.45) is 0 Å². The van der Waals surface area contributed by atoms with E-state index in [0.717, 1.165) is 11.6 Å². The number of rotatable bonds is 3. The molecule has 0 saturated carbocycles. The minimum atomic E-state index is -3.86. The van der Waals surface area contributed by atoms with Gasteiger partial charge in [-0.05, 0) is 42.8 Å². The smallest absolute Gasteiger partial charge is 0.197 e. The second-order valence-corrected chi connectivity index (χ2v) is 7.33. The van der Waals surface area contributed by atoms with Crippen LogP contribution >= 0.6 is 0 Å². The van der Waals surface area contributed by atoms with Gasteiger partial charge in [-0.1, -0.05) is 24.3 Å². The van der Waals surface area contributed by atoms with E-state index in [1.165, 1.54) is 30.3 Å². The lowest BCUT2D eigenvalue weighted by atomic mass is 9.98. The minimum absolute atomic E-state index is 0.304. The average Bonchev–Trinajstić information content (AvgIpc) is 2.98. The molecule has 0 bridgehead atoms. The van der Waals surface area contributed by atoms with E-state index >= 15 is 0 Å². The fourth-order valence-corrected chi connectivity index (χ4v) is 4.81. The molecule has 0 radical (unpaired) electrons. The zero-order chi connectivity index (χ0) is 15.7. The number of hydrogen-bond donors (Lipinski definition) is 1. The Hall–Kier alpha value is -1.79. The summed E-state index contributed by atoms with van der Waals surface area (Å²) in [5.74, 6) is -1.46. The normalized spacial score (nSPS) is 21.9. The molecule has 1 fully saturated rings. The summed E-state index contributed by atoms with van der Waals surface area (Å²) >= 11 is 0. The first kappa shape index (κ1) is 15.1. The van der Waals surface area contributed by atoms with Crippen LogP contribution in [0.4, 0.5) is 8.78 Å². The molecule has 2 atom stereocenters. The van der Waals surface area contributed by atoms with Gasteiger partial charge in [-0.3, -0.25) is 0 Å². The second-order valence-electron chi connectivity index (χ2n) is 5.30. The quantitative estimate of drug-likeness (QED) is 0.945. The molecule has 116 valence electrons. The first-order valence-electron chi connectivity index (χ1n) is 6.97. The first-order valence-corrected chi connectivity index (χ1v) is 8.52. The molecule has 0 amide bonds. The molecule has 3 rings (SSSR count). The van der Waals surface area contributed by atoms with Crippen LogP contribution in [0.5, 0.6) is 0 Å². The molecule has 2 aromatic rings. The summed E-state index contributed by atoms with van der Waals surface area (Å²) < 4.78 is 52.4. The fourth-order valence-electron chi connectivity index (χ4n) is 2.86. The van der Waals surface area contributed by atoms with Gasteiger partial charge in [0.1, 0.15) is 21.9 Å². The second kappa shape index (κ2) is 5.78. The number of halogens is 2. The molecule has 3 nitrogen and oxygen atoms in total. The topological polar surface area (TPSA) is 46.2 Å². The van der Waals surface area contributed by atoms with Crippen molar-refractivity contribution < 1.29 is 17.2 Å². The molecule has 6 heteroatoms. The van der Waals surface area contributed by atoms with Crippen molar-refractivity contribution in [2.75, 3.05) is 6.54 Å². The SMILES string of the molecule is O=S(=O)(c1ccccc1F)C1NCCC1c1ccc(F)cc1. The summed E-state index contributed by atoms with van der Waals surface area (Å²) in [6.07, 6.45) is 0.601. The Kier molecular flexibility index (Phi) is 3.97. The van der Waals surface area contributed by atoms with Gasteiger partial charge in [-0.2, -0.15) is 0 Å². The van der Waals surface area contributed by atoms with Gasteiger partial charge < -0.3 is 5.32 Å². The molecule has 0 aliphatic carbocycles. The summed E-state index contributed by atoms with van der Waals surface area (Å²) in [5.41, 5.74) is 0.733. The number of benzene rings is 2. The maximum Gasteiger partial charge on any atom is 0.197 e. The predicted molar refractivity (Wildman–Crippen MR) is 79.1 cm³/mol. The van der Waals surface area contributed by atoms with Crippen LogP contribution < -0.4 is 5.32 Å². The van der Waals surface area contributed by atoms with E-state index in [-0.39, 0.29) is 16.6 Å². The van der Waals surface area contributed by atoms with Crippen LogP contribution in [0, 0.1) is 11.6 Å². The minimum Gasteiger partial charge on any atom is -0.300 e. The Labute approximate surface area is 127 Å². The third-order valence-electron chi connectivity index (χ3n) is 3.94. The van der Waals surface area contributed by atoms with Gasteiger partial charge in [0.25, 0.3) is 0 Å². The lowest BCUT2D eigenvalue weighted by Crippen LogP contribution is -2.35. The highest BCUT2D eigenvalue weighted by Gasteiger charge is 2.40. The Balaban J connectivity index is 1.99. The lowest BCUT2D eigenvalue weighted by Gasteiger charge is -2.20. The van der Waals surface area contributed by atoms with E-state index in [1.54, 1.807) is 12.1 Å². The molecular weight excluding hydrogens is 308 g/mol. The van der Waals surface area contributed by atoms with Gasteiger partial charge in [0.2, 0.25) is 0 Å². The summed E-state index contributed by atoms with van der Waals surface area (Å²) in [7, 11) is -3.86. The average molecular weight is 323 g/mol. The van der Waals surface area contributed by atoms with Gasteiger partial charge in [-0.25, -0.2) is 17.2 Å². The summed E-state index contributed by atoms with van der Waals surface area (Å²) in [6, 6.07) is 11.1.